The highest BCUT2D eigenvalue weighted by Gasteiger charge is 2.33. The highest BCUT2D eigenvalue weighted by atomic mass is 35.5. The Morgan fingerprint density at radius 2 is 2.19 bits per heavy atom. The molecular formula is C7H4ClF3N2O3. The molecule has 88 valence electrons. The Kier molecular flexibility index (Phi) is 3.43. The number of carboxylic acid groups (broad SMARTS) is 1. The second-order valence-corrected chi connectivity index (χ2v) is 2.81. The van der Waals surface area contributed by atoms with Gasteiger partial charge in [-0.05, 0) is 0 Å². The molecule has 1 aromatic rings. The first kappa shape index (κ1) is 12.4. The van der Waals surface area contributed by atoms with E-state index in [2.05, 4.69) is 9.72 Å². The van der Waals surface area contributed by atoms with Gasteiger partial charge in [-0.25, -0.2) is 9.78 Å². The zero-order valence-corrected chi connectivity index (χ0v) is 8.13. The minimum atomic E-state index is -4.94. The average Bonchev–Trinajstić information content (AvgIpc) is 2.08. The molecule has 16 heavy (non-hydrogen) atoms. The van der Waals surface area contributed by atoms with Crippen LogP contribution in [0.5, 0.6) is 5.75 Å². The van der Waals surface area contributed by atoms with Gasteiger partial charge in [0.15, 0.2) is 10.9 Å². The number of ether oxygens (including phenoxy) is 1. The normalized spacial score (nSPS) is 11.0. The largest absolute Gasteiger partial charge is 0.573 e. The van der Waals surface area contributed by atoms with E-state index in [0.717, 1.165) is 12.3 Å². The molecule has 0 saturated heterocycles. The number of nitrogens with one attached hydrogen (secondary N) is 1. The standard InChI is InChI=1S/C7H4ClF3N2O3/c8-5-4(13-6(14)15)3(1-2-12-5)16-7(9,10)11/h1-2,13H,(H,14,15). The molecule has 0 unspecified atom stereocenters. The van der Waals surface area contributed by atoms with Gasteiger partial charge < -0.3 is 9.84 Å². The Balaban J connectivity index is 3.07. The van der Waals surface area contributed by atoms with Crippen LogP contribution in [0.1, 0.15) is 0 Å². The maximum absolute atomic E-state index is 11.9. The number of hydrogen-bond donors (Lipinski definition) is 2. The zero-order chi connectivity index (χ0) is 12.3. The molecule has 1 amide bonds. The summed E-state index contributed by atoms with van der Waals surface area (Å²) in [7, 11) is 0. The molecule has 0 saturated carbocycles. The van der Waals surface area contributed by atoms with Gasteiger partial charge in [0, 0.05) is 12.3 Å². The smallest absolute Gasteiger partial charge is 0.465 e. The van der Waals surface area contributed by atoms with Gasteiger partial charge in [0.2, 0.25) is 0 Å². The van der Waals surface area contributed by atoms with Gasteiger partial charge in [-0.15, -0.1) is 13.2 Å². The summed E-state index contributed by atoms with van der Waals surface area (Å²) in [6, 6.07) is 0.838. The van der Waals surface area contributed by atoms with E-state index in [1.165, 1.54) is 0 Å². The topological polar surface area (TPSA) is 71.5 Å². The number of amides is 1. The van der Waals surface area contributed by atoms with Crippen molar-refractivity contribution in [2.24, 2.45) is 0 Å². The third-order valence-corrected chi connectivity index (χ3v) is 1.61. The Labute approximate surface area is 91.8 Å². The van der Waals surface area contributed by atoms with Crippen LogP contribution >= 0.6 is 11.6 Å². The fourth-order valence-electron chi connectivity index (χ4n) is 0.850. The molecule has 0 aromatic carbocycles. The third kappa shape index (κ3) is 3.46. The summed E-state index contributed by atoms with van der Waals surface area (Å²) in [5.74, 6) is -0.769. The highest BCUT2D eigenvalue weighted by Crippen LogP contribution is 2.34. The molecule has 1 rings (SSSR count). The number of hydrogen-bond acceptors (Lipinski definition) is 3. The number of halogens is 4. The summed E-state index contributed by atoms with van der Waals surface area (Å²) in [6.45, 7) is 0. The number of anilines is 1. The van der Waals surface area contributed by atoms with E-state index in [1.54, 1.807) is 5.32 Å². The van der Waals surface area contributed by atoms with Gasteiger partial charge in [-0.1, -0.05) is 11.6 Å². The van der Waals surface area contributed by atoms with E-state index in [-0.39, 0.29) is 0 Å². The van der Waals surface area contributed by atoms with Crippen molar-refractivity contribution in [1.29, 1.82) is 0 Å². The van der Waals surface area contributed by atoms with Gasteiger partial charge in [0.25, 0.3) is 0 Å². The molecule has 5 nitrogen and oxygen atoms in total. The van der Waals surface area contributed by atoms with Gasteiger partial charge >= 0.3 is 12.5 Å². The molecule has 0 bridgehead atoms. The first-order valence-electron chi connectivity index (χ1n) is 3.70. The number of nitrogens with zero attached hydrogens (tertiary/aromatic N) is 1. The summed E-state index contributed by atoms with van der Waals surface area (Å²) >= 11 is 5.42. The number of rotatable bonds is 2. The molecule has 9 heteroatoms. The molecule has 0 aliphatic rings. The van der Waals surface area contributed by atoms with Crippen LogP contribution in [0, 0.1) is 0 Å². The summed E-state index contributed by atoms with van der Waals surface area (Å²) in [6.07, 6.45) is -5.57. The number of alkyl halides is 3. The lowest BCUT2D eigenvalue weighted by atomic mass is 10.4. The quantitative estimate of drug-likeness (QED) is 0.798. The van der Waals surface area contributed by atoms with Crippen molar-refractivity contribution < 1.29 is 27.8 Å². The van der Waals surface area contributed by atoms with Crippen LogP contribution in [-0.2, 0) is 0 Å². The van der Waals surface area contributed by atoms with E-state index in [1.807, 2.05) is 0 Å². The molecule has 0 aliphatic carbocycles. The van der Waals surface area contributed by atoms with Crippen LogP contribution < -0.4 is 10.1 Å². The molecular weight excluding hydrogens is 253 g/mol. The predicted octanol–water partition coefficient (Wildman–Crippen LogP) is 2.72. The summed E-state index contributed by atoms with van der Waals surface area (Å²) in [5, 5.41) is 9.60. The van der Waals surface area contributed by atoms with Crippen LogP contribution in [0.3, 0.4) is 0 Å². The van der Waals surface area contributed by atoms with Gasteiger partial charge in [-0.2, -0.15) is 0 Å². The second-order valence-electron chi connectivity index (χ2n) is 2.45. The molecule has 0 spiro atoms. The first-order chi connectivity index (χ1) is 7.29. The Morgan fingerprint density at radius 1 is 1.56 bits per heavy atom. The van der Waals surface area contributed by atoms with Crippen LogP contribution in [0.25, 0.3) is 0 Å². The lowest BCUT2D eigenvalue weighted by Crippen LogP contribution is -2.19. The molecule has 0 aliphatic heterocycles. The third-order valence-electron chi connectivity index (χ3n) is 1.32. The van der Waals surface area contributed by atoms with Crippen molar-refractivity contribution in [3.8, 4) is 5.75 Å². The minimum absolute atomic E-state index is 0.441. The molecule has 0 atom stereocenters. The van der Waals surface area contributed by atoms with Gasteiger partial charge in [-0.3, -0.25) is 5.32 Å². The Bertz CT molecular complexity index is 410. The second kappa shape index (κ2) is 4.44. The maximum Gasteiger partial charge on any atom is 0.573 e. The Hall–Kier alpha value is -1.70. The first-order valence-corrected chi connectivity index (χ1v) is 4.07. The van der Waals surface area contributed by atoms with Crippen molar-refractivity contribution in [1.82, 2.24) is 4.98 Å². The van der Waals surface area contributed by atoms with Crippen LogP contribution in [0.15, 0.2) is 12.3 Å². The van der Waals surface area contributed by atoms with Gasteiger partial charge in [0.05, 0.1) is 0 Å². The fraction of sp³-hybridized carbons (Fsp3) is 0.143. The monoisotopic (exact) mass is 256 g/mol. The number of aromatic nitrogens is 1. The SMILES string of the molecule is O=C(O)Nc1c(OC(F)(F)F)ccnc1Cl. The minimum Gasteiger partial charge on any atom is -0.465 e. The zero-order valence-electron chi connectivity index (χ0n) is 7.38. The average molecular weight is 257 g/mol. The Morgan fingerprint density at radius 3 is 2.69 bits per heavy atom. The van der Waals surface area contributed by atoms with E-state index in [0.29, 0.717) is 0 Å². The van der Waals surface area contributed by atoms with Crippen molar-refractivity contribution in [2.45, 2.75) is 6.36 Å². The van der Waals surface area contributed by atoms with E-state index >= 15 is 0 Å². The van der Waals surface area contributed by atoms with Crippen molar-refractivity contribution in [2.75, 3.05) is 5.32 Å². The van der Waals surface area contributed by atoms with Crippen LogP contribution in [0.2, 0.25) is 5.15 Å². The molecule has 1 heterocycles. The molecule has 0 radical (unpaired) electrons. The number of carbonyl (C=O) groups is 1. The lowest BCUT2D eigenvalue weighted by Gasteiger charge is -2.13. The van der Waals surface area contributed by atoms with Crippen LogP contribution in [-0.4, -0.2) is 22.5 Å². The van der Waals surface area contributed by atoms with E-state index in [9.17, 15) is 18.0 Å². The van der Waals surface area contributed by atoms with Crippen molar-refractivity contribution in [3.63, 3.8) is 0 Å². The molecule has 1 aromatic heterocycles. The molecule has 0 fully saturated rings. The summed E-state index contributed by atoms with van der Waals surface area (Å²) in [4.78, 5) is 13.7. The maximum atomic E-state index is 11.9. The number of pyridine rings is 1. The van der Waals surface area contributed by atoms with Crippen molar-refractivity contribution >= 4 is 23.4 Å². The predicted molar refractivity (Wildman–Crippen MR) is 47.6 cm³/mol. The fourth-order valence-corrected chi connectivity index (χ4v) is 1.05. The van der Waals surface area contributed by atoms with E-state index in [4.69, 9.17) is 16.7 Å². The van der Waals surface area contributed by atoms with Crippen molar-refractivity contribution in [3.05, 3.63) is 17.4 Å². The summed E-state index contributed by atoms with van der Waals surface area (Å²) < 4.78 is 39.4. The van der Waals surface area contributed by atoms with Gasteiger partial charge in [0.1, 0.15) is 5.69 Å². The van der Waals surface area contributed by atoms with Crippen LogP contribution in [0.4, 0.5) is 23.7 Å². The lowest BCUT2D eigenvalue weighted by molar-refractivity contribution is -0.274. The highest BCUT2D eigenvalue weighted by molar-refractivity contribution is 6.32. The molecule has 2 N–H and O–H groups in total. The van der Waals surface area contributed by atoms with E-state index < -0.39 is 29.0 Å². The summed E-state index contributed by atoms with van der Waals surface area (Å²) in [5.41, 5.74) is -0.561.